The quantitative estimate of drug-likeness (QED) is 0.506. The number of carbonyl (C=O) groups excluding carboxylic acids is 2. The Kier molecular flexibility index (Phi) is 6.90. The molecule has 2 aromatic rings. The molecule has 0 aliphatic heterocycles. The zero-order chi connectivity index (χ0) is 21.0. The van der Waals surface area contributed by atoms with Crippen LogP contribution < -0.4 is 10.6 Å². The van der Waals surface area contributed by atoms with Gasteiger partial charge in [0.05, 0.1) is 6.04 Å². The van der Waals surface area contributed by atoms with E-state index in [1.165, 1.54) is 11.8 Å². The smallest absolute Gasteiger partial charge is 0.227 e. The molecule has 0 radical (unpaired) electrons. The standard InChI is InChI=1S/C22H28N4O2S/c1-13(16-7-9-18(10-8-16)26-21(28)17-5-6-17)23-20(27)12-11-19-14(2)24-22(29-4)25-15(19)3/h7-10,13,17H,5-6,11-12H2,1-4H3,(H,23,27)(H,26,28). The van der Waals surface area contributed by atoms with Gasteiger partial charge in [0.15, 0.2) is 5.16 Å². The van der Waals surface area contributed by atoms with Crippen molar-refractivity contribution in [2.24, 2.45) is 5.92 Å². The van der Waals surface area contributed by atoms with Gasteiger partial charge in [0.25, 0.3) is 0 Å². The molecule has 1 aromatic carbocycles. The number of carbonyl (C=O) groups is 2. The van der Waals surface area contributed by atoms with Crippen LogP contribution in [0.1, 0.15) is 54.7 Å². The summed E-state index contributed by atoms with van der Waals surface area (Å²) in [4.78, 5) is 33.2. The Bertz CT molecular complexity index is 871. The van der Waals surface area contributed by atoms with E-state index in [9.17, 15) is 9.59 Å². The molecule has 29 heavy (non-hydrogen) atoms. The Morgan fingerprint density at radius 3 is 2.31 bits per heavy atom. The number of aryl methyl sites for hydroxylation is 2. The van der Waals surface area contributed by atoms with Crippen LogP contribution in [-0.2, 0) is 16.0 Å². The van der Waals surface area contributed by atoms with Crippen molar-refractivity contribution < 1.29 is 9.59 Å². The Hall–Kier alpha value is -2.41. The molecule has 1 aliphatic carbocycles. The van der Waals surface area contributed by atoms with E-state index in [0.717, 1.165) is 46.2 Å². The second-order valence-electron chi connectivity index (χ2n) is 7.53. The van der Waals surface area contributed by atoms with Gasteiger partial charge in [0.1, 0.15) is 0 Å². The predicted octanol–water partition coefficient (Wildman–Crippen LogP) is 3.97. The lowest BCUT2D eigenvalue weighted by molar-refractivity contribution is -0.121. The lowest BCUT2D eigenvalue weighted by Gasteiger charge is -2.16. The number of rotatable bonds is 8. The van der Waals surface area contributed by atoms with Gasteiger partial charge in [0, 0.05) is 29.4 Å². The zero-order valence-corrected chi connectivity index (χ0v) is 18.2. The average molecular weight is 413 g/mol. The topological polar surface area (TPSA) is 84.0 Å². The van der Waals surface area contributed by atoms with Crippen LogP contribution >= 0.6 is 11.8 Å². The summed E-state index contributed by atoms with van der Waals surface area (Å²) in [6.07, 6.45) is 4.94. The number of hydrogen-bond donors (Lipinski definition) is 2. The Labute approximate surface area is 176 Å². The first-order valence-corrected chi connectivity index (χ1v) is 11.2. The van der Waals surface area contributed by atoms with E-state index in [2.05, 4.69) is 20.6 Å². The van der Waals surface area contributed by atoms with Crippen molar-refractivity contribution in [1.82, 2.24) is 15.3 Å². The number of nitrogens with one attached hydrogen (secondary N) is 2. The largest absolute Gasteiger partial charge is 0.350 e. The van der Waals surface area contributed by atoms with E-state index in [-0.39, 0.29) is 23.8 Å². The third-order valence-corrected chi connectivity index (χ3v) is 5.74. The van der Waals surface area contributed by atoms with Gasteiger partial charge in [-0.3, -0.25) is 9.59 Å². The van der Waals surface area contributed by atoms with Crippen molar-refractivity contribution in [2.45, 2.75) is 57.7 Å². The third kappa shape index (κ3) is 5.79. The van der Waals surface area contributed by atoms with Crippen LogP contribution in [0.25, 0.3) is 0 Å². The van der Waals surface area contributed by atoms with Crippen molar-refractivity contribution in [3.63, 3.8) is 0 Å². The van der Waals surface area contributed by atoms with Crippen LogP contribution in [0.5, 0.6) is 0 Å². The maximum atomic E-state index is 12.4. The number of benzene rings is 1. The SMILES string of the molecule is CSc1nc(C)c(CCC(=O)NC(C)c2ccc(NC(=O)C3CC3)cc2)c(C)n1. The minimum atomic E-state index is -0.104. The van der Waals surface area contributed by atoms with Crippen LogP contribution in [-0.4, -0.2) is 28.0 Å². The summed E-state index contributed by atoms with van der Waals surface area (Å²) in [5, 5.41) is 6.74. The summed E-state index contributed by atoms with van der Waals surface area (Å²) in [6.45, 7) is 5.89. The van der Waals surface area contributed by atoms with Crippen molar-refractivity contribution in [3.05, 3.63) is 46.8 Å². The molecule has 0 spiro atoms. The highest BCUT2D eigenvalue weighted by molar-refractivity contribution is 7.98. The van der Waals surface area contributed by atoms with Crippen molar-refractivity contribution in [2.75, 3.05) is 11.6 Å². The van der Waals surface area contributed by atoms with E-state index < -0.39 is 0 Å². The van der Waals surface area contributed by atoms with Crippen LogP contribution in [0, 0.1) is 19.8 Å². The lowest BCUT2D eigenvalue weighted by Crippen LogP contribution is -2.27. The molecule has 1 unspecified atom stereocenters. The van der Waals surface area contributed by atoms with Crippen LogP contribution in [0.3, 0.4) is 0 Å². The second kappa shape index (κ2) is 9.39. The summed E-state index contributed by atoms with van der Waals surface area (Å²) in [6, 6.07) is 7.55. The number of aromatic nitrogens is 2. The lowest BCUT2D eigenvalue weighted by atomic mass is 10.1. The van der Waals surface area contributed by atoms with Gasteiger partial charge in [-0.1, -0.05) is 23.9 Å². The van der Waals surface area contributed by atoms with E-state index in [1.807, 2.05) is 51.3 Å². The molecule has 0 saturated heterocycles. The van der Waals surface area contributed by atoms with Crippen LogP contribution in [0.4, 0.5) is 5.69 Å². The van der Waals surface area contributed by atoms with Gasteiger partial charge in [-0.25, -0.2) is 9.97 Å². The first kappa shape index (κ1) is 21.3. The van der Waals surface area contributed by atoms with Gasteiger partial charge in [-0.15, -0.1) is 0 Å². The normalized spacial score (nSPS) is 14.3. The van der Waals surface area contributed by atoms with Gasteiger partial charge in [-0.2, -0.15) is 0 Å². The molecular formula is C22H28N4O2S. The molecule has 0 bridgehead atoms. The molecule has 7 heteroatoms. The summed E-state index contributed by atoms with van der Waals surface area (Å²) in [5.41, 5.74) is 4.71. The molecule has 1 aliphatic rings. The maximum absolute atomic E-state index is 12.4. The molecule has 1 heterocycles. The second-order valence-corrected chi connectivity index (χ2v) is 8.31. The highest BCUT2D eigenvalue weighted by Crippen LogP contribution is 2.30. The van der Waals surface area contributed by atoms with E-state index in [4.69, 9.17) is 0 Å². The summed E-state index contributed by atoms with van der Waals surface area (Å²) >= 11 is 1.52. The highest BCUT2D eigenvalue weighted by Gasteiger charge is 2.29. The average Bonchev–Trinajstić information content (AvgIpc) is 3.53. The highest BCUT2D eigenvalue weighted by atomic mass is 32.2. The Balaban J connectivity index is 1.52. The third-order valence-electron chi connectivity index (χ3n) is 5.19. The molecule has 1 saturated carbocycles. The molecule has 6 nitrogen and oxygen atoms in total. The number of anilines is 1. The number of amides is 2. The summed E-state index contributed by atoms with van der Waals surface area (Å²) < 4.78 is 0. The molecule has 2 N–H and O–H groups in total. The monoisotopic (exact) mass is 412 g/mol. The summed E-state index contributed by atoms with van der Waals surface area (Å²) in [5.74, 6) is 0.276. The van der Waals surface area contributed by atoms with Gasteiger partial charge >= 0.3 is 0 Å². The molecule has 1 aromatic heterocycles. The fourth-order valence-electron chi connectivity index (χ4n) is 3.24. The Morgan fingerprint density at radius 1 is 1.14 bits per heavy atom. The summed E-state index contributed by atoms with van der Waals surface area (Å²) in [7, 11) is 0. The van der Waals surface area contributed by atoms with E-state index in [0.29, 0.717) is 12.8 Å². The maximum Gasteiger partial charge on any atom is 0.227 e. The Morgan fingerprint density at radius 2 is 1.76 bits per heavy atom. The predicted molar refractivity (Wildman–Crippen MR) is 116 cm³/mol. The fraction of sp³-hybridized carbons (Fsp3) is 0.455. The number of hydrogen-bond acceptors (Lipinski definition) is 5. The molecule has 1 atom stereocenters. The van der Waals surface area contributed by atoms with E-state index >= 15 is 0 Å². The van der Waals surface area contributed by atoms with Gasteiger partial charge in [0.2, 0.25) is 11.8 Å². The zero-order valence-electron chi connectivity index (χ0n) is 17.4. The minimum absolute atomic E-state index is 0.00337. The van der Waals surface area contributed by atoms with Crippen molar-refractivity contribution in [3.8, 4) is 0 Å². The first-order valence-electron chi connectivity index (χ1n) is 9.95. The van der Waals surface area contributed by atoms with Gasteiger partial charge < -0.3 is 10.6 Å². The number of nitrogens with zero attached hydrogens (tertiary/aromatic N) is 2. The van der Waals surface area contributed by atoms with E-state index in [1.54, 1.807) is 0 Å². The van der Waals surface area contributed by atoms with Crippen molar-refractivity contribution >= 4 is 29.3 Å². The molecule has 1 fully saturated rings. The molecular weight excluding hydrogens is 384 g/mol. The van der Waals surface area contributed by atoms with Crippen LogP contribution in [0.2, 0.25) is 0 Å². The van der Waals surface area contributed by atoms with Crippen molar-refractivity contribution in [1.29, 1.82) is 0 Å². The first-order chi connectivity index (χ1) is 13.9. The molecule has 3 rings (SSSR count). The number of thioether (sulfide) groups is 1. The van der Waals surface area contributed by atoms with Crippen LogP contribution in [0.15, 0.2) is 29.4 Å². The minimum Gasteiger partial charge on any atom is -0.350 e. The molecule has 2 amide bonds. The molecule has 154 valence electrons. The van der Waals surface area contributed by atoms with Gasteiger partial charge in [-0.05, 0) is 69.5 Å². The fourth-order valence-corrected chi connectivity index (χ4v) is 3.70.